The molecule has 11 heavy (non-hydrogen) atoms. The number of methoxy groups -OCH3 is 2. The van der Waals surface area contributed by atoms with Gasteiger partial charge in [0, 0.05) is 20.6 Å². The molecule has 0 spiro atoms. The van der Waals surface area contributed by atoms with Crippen LogP contribution < -0.4 is 0 Å². The van der Waals surface area contributed by atoms with Crippen molar-refractivity contribution in [3.05, 3.63) is 0 Å². The van der Waals surface area contributed by atoms with Gasteiger partial charge in [-0.25, -0.2) is 0 Å². The molecule has 0 saturated heterocycles. The Morgan fingerprint density at radius 1 is 0.818 bits per heavy atom. The second kappa shape index (κ2) is 3.55. The number of rotatable bonds is 4. The Hall–Kier alpha value is -0.0800. The lowest BCUT2D eigenvalue weighted by molar-refractivity contribution is -0.0692. The molecule has 0 saturated carbocycles. The molecule has 0 aromatic rings. The van der Waals surface area contributed by atoms with Crippen molar-refractivity contribution in [2.45, 2.75) is 45.3 Å². The Morgan fingerprint density at radius 2 is 1.09 bits per heavy atom. The van der Waals surface area contributed by atoms with E-state index in [0.29, 0.717) is 0 Å². The lowest BCUT2D eigenvalue weighted by Crippen LogP contribution is -2.35. The molecule has 2 heteroatoms. The van der Waals surface area contributed by atoms with Gasteiger partial charge in [0.1, 0.15) is 0 Å². The van der Waals surface area contributed by atoms with Crippen LogP contribution in [0.3, 0.4) is 0 Å². The summed E-state index contributed by atoms with van der Waals surface area (Å²) in [5, 5.41) is 0. The van der Waals surface area contributed by atoms with Crippen LogP contribution in [0.5, 0.6) is 0 Å². The largest absolute Gasteiger partial charge is 0.379 e. The zero-order chi connectivity index (χ0) is 9.12. The highest BCUT2D eigenvalue weighted by Crippen LogP contribution is 2.24. The van der Waals surface area contributed by atoms with Gasteiger partial charge in [-0.05, 0) is 27.7 Å². The first-order chi connectivity index (χ1) is 4.83. The van der Waals surface area contributed by atoms with Crippen molar-refractivity contribution in [3.8, 4) is 0 Å². The van der Waals surface area contributed by atoms with Gasteiger partial charge in [0.2, 0.25) is 0 Å². The fourth-order valence-electron chi connectivity index (χ4n) is 1.17. The summed E-state index contributed by atoms with van der Waals surface area (Å²) < 4.78 is 10.6. The average Bonchev–Trinajstić information content (AvgIpc) is 1.86. The number of hydrogen-bond donors (Lipinski definition) is 0. The molecule has 2 nitrogen and oxygen atoms in total. The molecule has 0 aliphatic heterocycles. The van der Waals surface area contributed by atoms with Gasteiger partial charge in [-0.15, -0.1) is 0 Å². The van der Waals surface area contributed by atoms with Crippen molar-refractivity contribution in [2.75, 3.05) is 14.2 Å². The summed E-state index contributed by atoms with van der Waals surface area (Å²) in [5.41, 5.74) is -0.195. The van der Waals surface area contributed by atoms with Crippen LogP contribution in [0.4, 0.5) is 0 Å². The van der Waals surface area contributed by atoms with Gasteiger partial charge in [0.05, 0.1) is 11.2 Å². The van der Waals surface area contributed by atoms with Gasteiger partial charge in [-0.3, -0.25) is 0 Å². The number of ether oxygens (including phenoxy) is 2. The summed E-state index contributed by atoms with van der Waals surface area (Å²) >= 11 is 0. The Labute approximate surface area is 69.9 Å². The van der Waals surface area contributed by atoms with E-state index in [-0.39, 0.29) is 11.2 Å². The minimum absolute atomic E-state index is 0.0977. The molecule has 0 fully saturated rings. The quantitative estimate of drug-likeness (QED) is 0.628. The zero-order valence-corrected chi connectivity index (χ0v) is 8.52. The maximum Gasteiger partial charge on any atom is 0.0650 e. The van der Waals surface area contributed by atoms with Crippen LogP contribution >= 0.6 is 0 Å². The summed E-state index contributed by atoms with van der Waals surface area (Å²) in [6, 6.07) is 0. The van der Waals surface area contributed by atoms with E-state index in [1.54, 1.807) is 14.2 Å². The average molecular weight is 160 g/mol. The second-order valence-electron chi connectivity index (χ2n) is 4.10. The first-order valence-corrected chi connectivity index (χ1v) is 3.93. The molecule has 0 radical (unpaired) electrons. The summed E-state index contributed by atoms with van der Waals surface area (Å²) in [6.07, 6.45) is 0.896. The molecule has 0 amide bonds. The van der Waals surface area contributed by atoms with Gasteiger partial charge in [-0.1, -0.05) is 0 Å². The molecule has 68 valence electrons. The molecule has 0 N–H and O–H groups in total. The van der Waals surface area contributed by atoms with Crippen molar-refractivity contribution >= 4 is 0 Å². The van der Waals surface area contributed by atoms with E-state index in [4.69, 9.17) is 9.47 Å². The molecule has 0 aromatic carbocycles. The smallest absolute Gasteiger partial charge is 0.0650 e. The van der Waals surface area contributed by atoms with Crippen LogP contribution in [0.25, 0.3) is 0 Å². The molecule has 0 unspecified atom stereocenters. The van der Waals surface area contributed by atoms with Crippen molar-refractivity contribution in [1.29, 1.82) is 0 Å². The highest BCUT2D eigenvalue weighted by atomic mass is 16.5. The van der Waals surface area contributed by atoms with Gasteiger partial charge >= 0.3 is 0 Å². The molecule has 0 aliphatic rings. The Bertz CT molecular complexity index is 103. The molecule has 0 bridgehead atoms. The highest BCUT2D eigenvalue weighted by molar-refractivity contribution is 4.80. The third-order valence-corrected chi connectivity index (χ3v) is 1.96. The van der Waals surface area contributed by atoms with Gasteiger partial charge in [0.25, 0.3) is 0 Å². The van der Waals surface area contributed by atoms with Crippen LogP contribution in [0.2, 0.25) is 0 Å². The van der Waals surface area contributed by atoms with E-state index in [9.17, 15) is 0 Å². The van der Waals surface area contributed by atoms with Crippen LogP contribution in [-0.2, 0) is 9.47 Å². The fourth-order valence-corrected chi connectivity index (χ4v) is 1.17. The van der Waals surface area contributed by atoms with Gasteiger partial charge < -0.3 is 9.47 Å². The zero-order valence-electron chi connectivity index (χ0n) is 8.52. The third-order valence-electron chi connectivity index (χ3n) is 1.96. The monoisotopic (exact) mass is 160 g/mol. The first kappa shape index (κ1) is 10.9. The standard InChI is InChI=1S/C9H20O2/c1-8(2,10-5)7-9(3,4)11-6/h7H2,1-6H3. The van der Waals surface area contributed by atoms with E-state index >= 15 is 0 Å². The molecule has 0 rings (SSSR count). The minimum atomic E-state index is -0.0977. The topological polar surface area (TPSA) is 18.5 Å². The maximum absolute atomic E-state index is 5.30. The molecular formula is C9H20O2. The summed E-state index contributed by atoms with van der Waals surface area (Å²) in [4.78, 5) is 0. The lowest BCUT2D eigenvalue weighted by atomic mass is 9.92. The second-order valence-corrected chi connectivity index (χ2v) is 4.10. The minimum Gasteiger partial charge on any atom is -0.379 e. The van der Waals surface area contributed by atoms with Gasteiger partial charge in [0.15, 0.2) is 0 Å². The highest BCUT2D eigenvalue weighted by Gasteiger charge is 2.28. The maximum atomic E-state index is 5.30. The summed E-state index contributed by atoms with van der Waals surface area (Å²) in [7, 11) is 3.46. The third kappa shape index (κ3) is 4.38. The van der Waals surface area contributed by atoms with Crippen molar-refractivity contribution in [1.82, 2.24) is 0 Å². The molecule has 0 aliphatic carbocycles. The SMILES string of the molecule is COC(C)(C)CC(C)(C)OC. The Morgan fingerprint density at radius 3 is 1.27 bits per heavy atom. The number of hydrogen-bond acceptors (Lipinski definition) is 2. The van der Waals surface area contributed by atoms with E-state index in [1.807, 2.05) is 0 Å². The Balaban J connectivity index is 4.02. The van der Waals surface area contributed by atoms with Crippen LogP contribution in [0.1, 0.15) is 34.1 Å². The van der Waals surface area contributed by atoms with E-state index in [0.717, 1.165) is 6.42 Å². The summed E-state index contributed by atoms with van der Waals surface area (Å²) in [6.45, 7) is 8.25. The predicted molar refractivity (Wildman–Crippen MR) is 46.8 cm³/mol. The Kier molecular flexibility index (Phi) is 3.52. The van der Waals surface area contributed by atoms with Crippen LogP contribution in [0, 0.1) is 0 Å². The molecular weight excluding hydrogens is 140 g/mol. The van der Waals surface area contributed by atoms with Crippen LogP contribution in [0.15, 0.2) is 0 Å². The lowest BCUT2D eigenvalue weighted by Gasteiger charge is -2.32. The summed E-state index contributed by atoms with van der Waals surface area (Å²) in [5.74, 6) is 0. The van der Waals surface area contributed by atoms with Crippen LogP contribution in [-0.4, -0.2) is 25.4 Å². The normalized spacial score (nSPS) is 13.6. The molecule has 0 heterocycles. The van der Waals surface area contributed by atoms with Crippen molar-refractivity contribution in [3.63, 3.8) is 0 Å². The van der Waals surface area contributed by atoms with E-state index in [2.05, 4.69) is 27.7 Å². The fraction of sp³-hybridized carbons (Fsp3) is 1.00. The van der Waals surface area contributed by atoms with Crippen molar-refractivity contribution < 1.29 is 9.47 Å². The van der Waals surface area contributed by atoms with Gasteiger partial charge in [-0.2, -0.15) is 0 Å². The predicted octanol–water partition coefficient (Wildman–Crippen LogP) is 2.23. The van der Waals surface area contributed by atoms with E-state index in [1.165, 1.54) is 0 Å². The first-order valence-electron chi connectivity index (χ1n) is 3.93. The van der Waals surface area contributed by atoms with Crippen molar-refractivity contribution in [2.24, 2.45) is 0 Å². The van der Waals surface area contributed by atoms with E-state index < -0.39 is 0 Å². The molecule has 0 aromatic heterocycles. The molecule has 0 atom stereocenters.